The molecular weight excluding hydrogens is 218 g/mol. The number of nitriles is 1. The number of nitrogens with one attached hydrogen (secondary N) is 1. The number of nitrogens with zero attached hydrogens (tertiary/aromatic N) is 2. The molecule has 0 aliphatic rings. The maximum atomic E-state index is 8.77. The third-order valence-electron chi connectivity index (χ3n) is 1.62. The minimum Gasteiger partial charge on any atom is -0.346 e. The van der Waals surface area contributed by atoms with Crippen LogP contribution in [0.2, 0.25) is 0 Å². The van der Waals surface area contributed by atoms with Crippen LogP contribution < -0.4 is 0 Å². The minimum absolute atomic E-state index is 0.633. The van der Waals surface area contributed by atoms with Gasteiger partial charge in [-0.2, -0.15) is 5.26 Å². The van der Waals surface area contributed by atoms with Crippen LogP contribution in [0.25, 0.3) is 11.0 Å². The molecule has 0 aliphatic carbocycles. The van der Waals surface area contributed by atoms with Crippen molar-refractivity contribution >= 4 is 27.0 Å². The SMILES string of the molecule is N#Cc1cc(Br)nc2[nH]ccc12. The summed E-state index contributed by atoms with van der Waals surface area (Å²) in [6, 6.07) is 5.65. The van der Waals surface area contributed by atoms with Crippen molar-refractivity contribution in [2.75, 3.05) is 0 Å². The minimum atomic E-state index is 0.633. The molecule has 2 rings (SSSR count). The van der Waals surface area contributed by atoms with E-state index in [2.05, 4.69) is 32.0 Å². The van der Waals surface area contributed by atoms with Crippen LogP contribution >= 0.6 is 15.9 Å². The van der Waals surface area contributed by atoms with Gasteiger partial charge in [0.15, 0.2) is 0 Å². The van der Waals surface area contributed by atoms with Gasteiger partial charge in [0.05, 0.1) is 11.6 Å². The number of hydrogen-bond acceptors (Lipinski definition) is 2. The predicted octanol–water partition coefficient (Wildman–Crippen LogP) is 2.20. The van der Waals surface area contributed by atoms with E-state index >= 15 is 0 Å². The first kappa shape index (κ1) is 7.32. The highest BCUT2D eigenvalue weighted by Crippen LogP contribution is 2.18. The van der Waals surface area contributed by atoms with E-state index < -0.39 is 0 Å². The first-order chi connectivity index (χ1) is 5.81. The molecule has 0 bridgehead atoms. The molecule has 0 radical (unpaired) electrons. The van der Waals surface area contributed by atoms with Crippen molar-refractivity contribution in [3.05, 3.63) is 28.5 Å². The summed E-state index contributed by atoms with van der Waals surface area (Å²) in [7, 11) is 0. The van der Waals surface area contributed by atoms with E-state index in [0.717, 1.165) is 11.0 Å². The van der Waals surface area contributed by atoms with Crippen molar-refractivity contribution in [1.82, 2.24) is 9.97 Å². The number of pyridine rings is 1. The van der Waals surface area contributed by atoms with Crippen molar-refractivity contribution in [3.63, 3.8) is 0 Å². The van der Waals surface area contributed by atoms with Crippen molar-refractivity contribution in [2.45, 2.75) is 0 Å². The molecule has 0 unspecified atom stereocenters. The second-order valence-corrected chi connectivity index (χ2v) is 3.16. The summed E-state index contributed by atoms with van der Waals surface area (Å²) >= 11 is 3.23. The van der Waals surface area contributed by atoms with Gasteiger partial charge < -0.3 is 4.98 Å². The summed E-state index contributed by atoms with van der Waals surface area (Å²) in [6.07, 6.45) is 1.77. The smallest absolute Gasteiger partial charge is 0.139 e. The van der Waals surface area contributed by atoms with E-state index in [-0.39, 0.29) is 0 Å². The standard InChI is InChI=1S/C8H4BrN3/c9-7-3-5(4-10)6-1-2-11-8(6)12-7/h1-3H,(H,11,12). The number of rotatable bonds is 0. The van der Waals surface area contributed by atoms with Gasteiger partial charge >= 0.3 is 0 Å². The van der Waals surface area contributed by atoms with Crippen LogP contribution in [0.15, 0.2) is 22.9 Å². The topological polar surface area (TPSA) is 52.5 Å². The van der Waals surface area contributed by atoms with Crippen LogP contribution in [-0.4, -0.2) is 9.97 Å². The van der Waals surface area contributed by atoms with E-state index in [1.165, 1.54) is 0 Å². The molecule has 0 aromatic carbocycles. The molecule has 0 spiro atoms. The molecule has 58 valence electrons. The quantitative estimate of drug-likeness (QED) is 0.694. The van der Waals surface area contributed by atoms with Gasteiger partial charge in [0, 0.05) is 11.6 Å². The summed E-state index contributed by atoms with van der Waals surface area (Å²) < 4.78 is 0.675. The molecule has 2 aromatic heterocycles. The lowest BCUT2D eigenvalue weighted by atomic mass is 10.2. The maximum Gasteiger partial charge on any atom is 0.139 e. The third-order valence-corrected chi connectivity index (χ3v) is 2.02. The van der Waals surface area contributed by atoms with Crippen molar-refractivity contribution in [2.24, 2.45) is 0 Å². The molecule has 0 saturated heterocycles. The Kier molecular flexibility index (Phi) is 1.59. The van der Waals surface area contributed by atoms with Crippen LogP contribution in [-0.2, 0) is 0 Å². The Labute approximate surface area is 77.2 Å². The fraction of sp³-hybridized carbons (Fsp3) is 0. The van der Waals surface area contributed by atoms with E-state index in [1.54, 1.807) is 12.3 Å². The number of aromatic nitrogens is 2. The highest BCUT2D eigenvalue weighted by atomic mass is 79.9. The first-order valence-corrected chi connectivity index (χ1v) is 4.14. The molecular formula is C8H4BrN3. The lowest BCUT2D eigenvalue weighted by Gasteiger charge is -1.93. The highest BCUT2D eigenvalue weighted by molar-refractivity contribution is 9.10. The average molecular weight is 222 g/mol. The first-order valence-electron chi connectivity index (χ1n) is 3.35. The van der Waals surface area contributed by atoms with Crippen LogP contribution in [0.5, 0.6) is 0 Å². The van der Waals surface area contributed by atoms with Gasteiger partial charge in [0.25, 0.3) is 0 Å². The van der Waals surface area contributed by atoms with Gasteiger partial charge in [-0.25, -0.2) is 4.98 Å². The number of aromatic amines is 1. The van der Waals surface area contributed by atoms with Crippen molar-refractivity contribution in [1.29, 1.82) is 5.26 Å². The van der Waals surface area contributed by atoms with E-state index in [4.69, 9.17) is 5.26 Å². The Morgan fingerprint density at radius 3 is 3.17 bits per heavy atom. The summed E-state index contributed by atoms with van der Waals surface area (Å²) in [6.45, 7) is 0. The van der Waals surface area contributed by atoms with E-state index in [9.17, 15) is 0 Å². The average Bonchev–Trinajstić information content (AvgIpc) is 2.50. The van der Waals surface area contributed by atoms with Gasteiger partial charge in [-0.1, -0.05) is 0 Å². The second kappa shape index (κ2) is 2.61. The molecule has 3 nitrogen and oxygen atoms in total. The molecule has 12 heavy (non-hydrogen) atoms. The summed E-state index contributed by atoms with van der Waals surface area (Å²) in [4.78, 5) is 7.10. The lowest BCUT2D eigenvalue weighted by Crippen LogP contribution is -1.82. The normalized spacial score (nSPS) is 10.0. The Bertz CT molecular complexity index is 467. The Hall–Kier alpha value is -1.34. The van der Waals surface area contributed by atoms with Crippen LogP contribution in [0.4, 0.5) is 0 Å². The molecule has 2 heterocycles. The third kappa shape index (κ3) is 0.990. The largest absolute Gasteiger partial charge is 0.346 e. The molecule has 2 aromatic rings. The molecule has 0 aliphatic heterocycles. The van der Waals surface area contributed by atoms with E-state index in [1.807, 2.05) is 6.07 Å². The zero-order valence-corrected chi connectivity index (χ0v) is 7.59. The zero-order valence-electron chi connectivity index (χ0n) is 6.00. The number of H-pyrrole nitrogens is 1. The zero-order chi connectivity index (χ0) is 8.55. The lowest BCUT2D eigenvalue weighted by molar-refractivity contribution is 1.28. The second-order valence-electron chi connectivity index (χ2n) is 2.34. The molecule has 0 fully saturated rings. The fourth-order valence-electron chi connectivity index (χ4n) is 1.10. The molecule has 1 N–H and O–H groups in total. The predicted molar refractivity (Wildman–Crippen MR) is 48.5 cm³/mol. The van der Waals surface area contributed by atoms with Crippen LogP contribution in [0.1, 0.15) is 5.56 Å². The molecule has 0 amide bonds. The van der Waals surface area contributed by atoms with Crippen molar-refractivity contribution in [3.8, 4) is 6.07 Å². The molecule has 0 atom stereocenters. The Morgan fingerprint density at radius 2 is 2.42 bits per heavy atom. The van der Waals surface area contributed by atoms with Crippen LogP contribution in [0, 0.1) is 11.3 Å². The number of hydrogen-bond donors (Lipinski definition) is 1. The number of fused-ring (bicyclic) bond motifs is 1. The van der Waals surface area contributed by atoms with Gasteiger partial charge in [-0.3, -0.25) is 0 Å². The maximum absolute atomic E-state index is 8.77. The van der Waals surface area contributed by atoms with Gasteiger partial charge in [-0.05, 0) is 28.1 Å². The fourth-order valence-corrected chi connectivity index (χ4v) is 1.51. The van der Waals surface area contributed by atoms with Gasteiger partial charge in [0.2, 0.25) is 0 Å². The molecule has 0 saturated carbocycles. The Balaban J connectivity index is 2.91. The Morgan fingerprint density at radius 1 is 1.58 bits per heavy atom. The summed E-state index contributed by atoms with van der Waals surface area (Å²) in [5.41, 5.74) is 1.37. The summed E-state index contributed by atoms with van der Waals surface area (Å²) in [5.74, 6) is 0. The summed E-state index contributed by atoms with van der Waals surface area (Å²) in [5, 5.41) is 9.63. The van der Waals surface area contributed by atoms with Gasteiger partial charge in [0.1, 0.15) is 10.3 Å². The molecule has 4 heteroatoms. The highest BCUT2D eigenvalue weighted by Gasteiger charge is 2.03. The monoisotopic (exact) mass is 221 g/mol. The van der Waals surface area contributed by atoms with Crippen molar-refractivity contribution < 1.29 is 0 Å². The number of halogens is 1. The van der Waals surface area contributed by atoms with E-state index in [0.29, 0.717) is 10.2 Å². The van der Waals surface area contributed by atoms with Gasteiger partial charge in [-0.15, -0.1) is 0 Å². The van der Waals surface area contributed by atoms with Crippen LogP contribution in [0.3, 0.4) is 0 Å².